The average Bonchev–Trinajstić information content (AvgIpc) is 2.18. The molecule has 0 bridgehead atoms. The van der Waals surface area contributed by atoms with Crippen molar-refractivity contribution in [3.8, 4) is 5.75 Å². The molecule has 0 spiro atoms. The van der Waals surface area contributed by atoms with Crippen LogP contribution in [0, 0.1) is 10.1 Å². The van der Waals surface area contributed by atoms with Crippen LogP contribution in [0.3, 0.4) is 0 Å². The van der Waals surface area contributed by atoms with Gasteiger partial charge in [-0.1, -0.05) is 11.6 Å². The second kappa shape index (κ2) is 5.22. The summed E-state index contributed by atoms with van der Waals surface area (Å²) >= 11 is 5.62. The van der Waals surface area contributed by atoms with Crippen LogP contribution in [0.4, 0.5) is 18.9 Å². The molecule has 1 rings (SSSR count). The van der Waals surface area contributed by atoms with Gasteiger partial charge in [0.1, 0.15) is 5.75 Å². The van der Waals surface area contributed by atoms with E-state index in [1.165, 1.54) is 6.07 Å². The summed E-state index contributed by atoms with van der Waals surface area (Å²) in [4.78, 5) is 9.74. The van der Waals surface area contributed by atoms with Gasteiger partial charge >= 0.3 is 6.18 Å². The number of ether oxygens (including phenoxy) is 1. The molecule has 0 amide bonds. The Balaban J connectivity index is 2.70. The largest absolute Gasteiger partial charge is 0.491 e. The molecule has 0 aliphatic carbocycles. The van der Waals surface area contributed by atoms with E-state index in [4.69, 9.17) is 16.3 Å². The van der Waals surface area contributed by atoms with E-state index in [1.807, 2.05) is 0 Å². The average molecular weight is 270 g/mol. The van der Waals surface area contributed by atoms with E-state index >= 15 is 0 Å². The normalized spacial score (nSPS) is 11.3. The molecule has 17 heavy (non-hydrogen) atoms. The summed E-state index contributed by atoms with van der Waals surface area (Å²) in [7, 11) is 0. The Bertz CT molecular complexity index is 422. The van der Waals surface area contributed by atoms with Gasteiger partial charge in [-0.05, 0) is 6.07 Å². The molecule has 0 saturated carbocycles. The summed E-state index contributed by atoms with van der Waals surface area (Å²) in [5, 5.41) is 10.5. The highest BCUT2D eigenvalue weighted by molar-refractivity contribution is 6.32. The summed E-state index contributed by atoms with van der Waals surface area (Å²) in [6, 6.07) is 3.32. The minimum Gasteiger partial charge on any atom is -0.491 e. The van der Waals surface area contributed by atoms with Crippen molar-refractivity contribution < 1.29 is 22.8 Å². The lowest BCUT2D eigenvalue weighted by Crippen LogP contribution is -2.13. The number of halogens is 4. The van der Waals surface area contributed by atoms with Crippen LogP contribution >= 0.6 is 11.6 Å². The van der Waals surface area contributed by atoms with Crippen LogP contribution in [0.25, 0.3) is 0 Å². The predicted molar refractivity (Wildman–Crippen MR) is 54.3 cm³/mol. The third kappa shape index (κ3) is 4.48. The number of nitro benzene ring substituents is 1. The zero-order valence-electron chi connectivity index (χ0n) is 8.33. The first-order valence-electron chi connectivity index (χ1n) is 4.43. The van der Waals surface area contributed by atoms with Crippen molar-refractivity contribution in [3.05, 3.63) is 33.3 Å². The van der Waals surface area contributed by atoms with Gasteiger partial charge in [0.25, 0.3) is 5.69 Å². The maximum Gasteiger partial charge on any atom is 0.392 e. The second-order valence-electron chi connectivity index (χ2n) is 3.09. The Hall–Kier alpha value is -1.50. The molecule has 0 aromatic heterocycles. The molecule has 0 radical (unpaired) electrons. The number of rotatable bonds is 4. The van der Waals surface area contributed by atoms with Gasteiger partial charge < -0.3 is 4.74 Å². The highest BCUT2D eigenvalue weighted by Gasteiger charge is 2.27. The Morgan fingerprint density at radius 1 is 1.41 bits per heavy atom. The summed E-state index contributed by atoms with van der Waals surface area (Å²) < 4.78 is 40.3. The maximum atomic E-state index is 11.8. The Morgan fingerprint density at radius 2 is 2.06 bits per heavy atom. The van der Waals surface area contributed by atoms with Crippen LogP contribution in [-0.2, 0) is 0 Å². The number of hydrogen-bond acceptors (Lipinski definition) is 3. The molecule has 1 aromatic carbocycles. The SMILES string of the molecule is O=[N+]([O-])c1ccc(Cl)c(OCCC(F)(F)F)c1. The Kier molecular flexibility index (Phi) is 4.17. The van der Waals surface area contributed by atoms with Gasteiger partial charge in [-0.25, -0.2) is 0 Å². The zero-order valence-corrected chi connectivity index (χ0v) is 9.09. The predicted octanol–water partition coefficient (Wildman–Crippen LogP) is 3.58. The molecule has 0 saturated heterocycles. The molecule has 0 atom stereocenters. The Morgan fingerprint density at radius 3 is 2.59 bits per heavy atom. The van der Waals surface area contributed by atoms with E-state index in [1.54, 1.807) is 0 Å². The van der Waals surface area contributed by atoms with Crippen molar-refractivity contribution in [1.29, 1.82) is 0 Å². The van der Waals surface area contributed by atoms with E-state index in [9.17, 15) is 23.3 Å². The minimum atomic E-state index is -4.34. The number of hydrogen-bond donors (Lipinski definition) is 0. The molecule has 0 aliphatic heterocycles. The molecule has 0 fully saturated rings. The lowest BCUT2D eigenvalue weighted by molar-refractivity contribution is -0.384. The van der Waals surface area contributed by atoms with Gasteiger partial charge in [-0.2, -0.15) is 13.2 Å². The lowest BCUT2D eigenvalue weighted by Gasteiger charge is -2.09. The van der Waals surface area contributed by atoms with Gasteiger partial charge in [-0.3, -0.25) is 10.1 Å². The summed E-state index contributed by atoms with van der Waals surface area (Å²) in [6.45, 7) is -0.635. The van der Waals surface area contributed by atoms with Crippen molar-refractivity contribution in [2.45, 2.75) is 12.6 Å². The van der Waals surface area contributed by atoms with Crippen LogP contribution < -0.4 is 4.74 Å². The first-order chi connectivity index (χ1) is 7.79. The van der Waals surface area contributed by atoms with Crippen molar-refractivity contribution in [2.75, 3.05) is 6.61 Å². The van der Waals surface area contributed by atoms with Crippen LogP contribution in [-0.4, -0.2) is 17.7 Å². The standard InChI is InChI=1S/C9H7ClF3NO3/c10-7-2-1-6(14(15)16)5-8(7)17-4-3-9(11,12)13/h1-2,5H,3-4H2. The zero-order chi connectivity index (χ0) is 13.1. The fourth-order valence-electron chi connectivity index (χ4n) is 0.993. The van der Waals surface area contributed by atoms with Crippen LogP contribution in [0.2, 0.25) is 5.02 Å². The van der Waals surface area contributed by atoms with Gasteiger partial charge in [0, 0.05) is 6.07 Å². The molecule has 0 aliphatic rings. The fourth-order valence-corrected chi connectivity index (χ4v) is 1.17. The van der Waals surface area contributed by atoms with Gasteiger partial charge in [0.15, 0.2) is 0 Å². The lowest BCUT2D eigenvalue weighted by atomic mass is 10.3. The van der Waals surface area contributed by atoms with E-state index in [2.05, 4.69) is 0 Å². The van der Waals surface area contributed by atoms with E-state index in [0.717, 1.165) is 12.1 Å². The van der Waals surface area contributed by atoms with E-state index in [0.29, 0.717) is 0 Å². The molecule has 0 heterocycles. The number of non-ortho nitro benzene ring substituents is 1. The third-order valence-corrected chi connectivity index (χ3v) is 2.08. The highest BCUT2D eigenvalue weighted by atomic mass is 35.5. The molecule has 1 aromatic rings. The molecule has 4 nitrogen and oxygen atoms in total. The van der Waals surface area contributed by atoms with Gasteiger partial charge in [0.05, 0.1) is 29.0 Å². The second-order valence-corrected chi connectivity index (χ2v) is 3.49. The van der Waals surface area contributed by atoms with Crippen molar-refractivity contribution in [2.24, 2.45) is 0 Å². The smallest absolute Gasteiger partial charge is 0.392 e. The number of alkyl halides is 3. The van der Waals surface area contributed by atoms with Crippen LogP contribution in [0.15, 0.2) is 18.2 Å². The molecule has 94 valence electrons. The van der Waals surface area contributed by atoms with Crippen LogP contribution in [0.5, 0.6) is 5.75 Å². The molecular weight excluding hydrogens is 263 g/mol. The summed E-state index contributed by atoms with van der Waals surface area (Å²) in [5.74, 6) is -0.134. The van der Waals surface area contributed by atoms with Crippen molar-refractivity contribution >= 4 is 17.3 Å². The monoisotopic (exact) mass is 269 g/mol. The van der Waals surface area contributed by atoms with Gasteiger partial charge in [-0.15, -0.1) is 0 Å². The number of nitrogens with zero attached hydrogens (tertiary/aromatic N) is 1. The highest BCUT2D eigenvalue weighted by Crippen LogP contribution is 2.29. The van der Waals surface area contributed by atoms with Crippen molar-refractivity contribution in [1.82, 2.24) is 0 Å². The number of benzene rings is 1. The molecule has 8 heteroatoms. The summed E-state index contributed by atoms with van der Waals surface area (Å²) in [5.41, 5.74) is -0.295. The first kappa shape index (κ1) is 13.6. The minimum absolute atomic E-state index is 0.0257. The third-order valence-electron chi connectivity index (χ3n) is 1.77. The molecular formula is C9H7ClF3NO3. The fraction of sp³-hybridized carbons (Fsp3) is 0.333. The Labute approximate surface area is 99.1 Å². The van der Waals surface area contributed by atoms with E-state index < -0.39 is 24.1 Å². The maximum absolute atomic E-state index is 11.8. The quantitative estimate of drug-likeness (QED) is 0.620. The van der Waals surface area contributed by atoms with E-state index in [-0.39, 0.29) is 16.5 Å². The summed E-state index contributed by atoms with van der Waals surface area (Å²) in [6.07, 6.45) is -5.49. The number of nitro groups is 1. The first-order valence-corrected chi connectivity index (χ1v) is 4.81. The van der Waals surface area contributed by atoms with Gasteiger partial charge in [0.2, 0.25) is 0 Å². The van der Waals surface area contributed by atoms with Crippen LogP contribution in [0.1, 0.15) is 6.42 Å². The molecule has 0 N–H and O–H groups in total. The molecule has 0 unspecified atom stereocenters. The topological polar surface area (TPSA) is 52.4 Å². The van der Waals surface area contributed by atoms with Crippen molar-refractivity contribution in [3.63, 3.8) is 0 Å².